The summed E-state index contributed by atoms with van der Waals surface area (Å²) in [5.41, 5.74) is 4.09. The number of thioether (sulfide) groups is 1. The maximum atomic E-state index is 12.6. The maximum Gasteiger partial charge on any atom is 0.234 e. The summed E-state index contributed by atoms with van der Waals surface area (Å²) in [6.07, 6.45) is 3.44. The van der Waals surface area contributed by atoms with Gasteiger partial charge >= 0.3 is 0 Å². The molecule has 35 heavy (non-hydrogen) atoms. The van der Waals surface area contributed by atoms with Crippen LogP contribution in [0.25, 0.3) is 11.4 Å². The minimum absolute atomic E-state index is 0.0958. The number of anilines is 1. The molecule has 2 aromatic heterocycles. The molecule has 0 atom stereocenters. The van der Waals surface area contributed by atoms with E-state index in [4.69, 9.17) is 14.8 Å². The van der Waals surface area contributed by atoms with E-state index in [9.17, 15) is 4.79 Å². The van der Waals surface area contributed by atoms with E-state index in [1.54, 1.807) is 19.5 Å². The second-order valence-electron chi connectivity index (χ2n) is 9.12. The van der Waals surface area contributed by atoms with Crippen molar-refractivity contribution < 1.29 is 9.53 Å². The van der Waals surface area contributed by atoms with E-state index < -0.39 is 0 Å². The van der Waals surface area contributed by atoms with Gasteiger partial charge in [0.2, 0.25) is 5.91 Å². The highest BCUT2D eigenvalue weighted by Crippen LogP contribution is 2.25. The number of methoxy groups -OCH3 is 1. The average Bonchev–Trinajstić information content (AvgIpc) is 3.26. The third-order valence-electron chi connectivity index (χ3n) is 5.43. The molecule has 0 unspecified atom stereocenters. The van der Waals surface area contributed by atoms with Gasteiger partial charge in [-0.3, -0.25) is 9.78 Å². The van der Waals surface area contributed by atoms with E-state index in [2.05, 4.69) is 55.3 Å². The van der Waals surface area contributed by atoms with Crippen molar-refractivity contribution in [3.05, 3.63) is 84.2 Å². The highest BCUT2D eigenvalue weighted by atomic mass is 32.2. The SMILES string of the molecule is COc1ccc(NC(=O)CSc2nc(-c3ccncc3)nn2Cc2ccc(C(C)(C)C)cc2)cc1. The van der Waals surface area contributed by atoms with Gasteiger partial charge < -0.3 is 10.1 Å². The second kappa shape index (κ2) is 10.7. The number of pyridine rings is 1. The van der Waals surface area contributed by atoms with E-state index in [1.165, 1.54) is 17.3 Å². The van der Waals surface area contributed by atoms with Crippen molar-refractivity contribution >= 4 is 23.4 Å². The van der Waals surface area contributed by atoms with Gasteiger partial charge in [0.15, 0.2) is 11.0 Å². The zero-order chi connectivity index (χ0) is 24.8. The number of carbonyl (C=O) groups is 1. The lowest BCUT2D eigenvalue weighted by Gasteiger charge is -2.19. The summed E-state index contributed by atoms with van der Waals surface area (Å²) >= 11 is 1.36. The molecule has 0 saturated heterocycles. The van der Waals surface area contributed by atoms with Crippen LogP contribution < -0.4 is 10.1 Å². The molecule has 7 nitrogen and oxygen atoms in total. The van der Waals surface area contributed by atoms with E-state index in [-0.39, 0.29) is 17.1 Å². The van der Waals surface area contributed by atoms with Crippen LogP contribution >= 0.6 is 11.8 Å². The molecule has 0 fully saturated rings. The number of hydrogen-bond acceptors (Lipinski definition) is 6. The molecule has 180 valence electrons. The summed E-state index contributed by atoms with van der Waals surface area (Å²) in [5.74, 6) is 1.44. The van der Waals surface area contributed by atoms with Gasteiger partial charge in [-0.1, -0.05) is 56.8 Å². The van der Waals surface area contributed by atoms with Gasteiger partial charge in [-0.2, -0.15) is 0 Å². The molecule has 2 aromatic carbocycles. The van der Waals surface area contributed by atoms with E-state index in [0.717, 1.165) is 16.9 Å². The maximum absolute atomic E-state index is 12.6. The van der Waals surface area contributed by atoms with Gasteiger partial charge in [-0.05, 0) is 52.9 Å². The molecule has 4 rings (SSSR count). The first-order chi connectivity index (χ1) is 16.8. The quantitative estimate of drug-likeness (QED) is 0.334. The van der Waals surface area contributed by atoms with E-state index in [0.29, 0.717) is 23.2 Å². The number of hydrogen-bond donors (Lipinski definition) is 1. The number of nitrogens with zero attached hydrogens (tertiary/aromatic N) is 4. The van der Waals surface area contributed by atoms with Gasteiger partial charge in [0.25, 0.3) is 0 Å². The topological polar surface area (TPSA) is 81.9 Å². The molecule has 0 bridgehead atoms. The summed E-state index contributed by atoms with van der Waals surface area (Å²) in [4.78, 5) is 21.4. The minimum atomic E-state index is -0.116. The first-order valence-corrected chi connectivity index (χ1v) is 12.3. The lowest BCUT2D eigenvalue weighted by molar-refractivity contribution is -0.113. The first kappa shape index (κ1) is 24.5. The number of nitrogens with one attached hydrogen (secondary N) is 1. The molecule has 0 aliphatic carbocycles. The molecule has 0 aliphatic rings. The summed E-state index contributed by atoms with van der Waals surface area (Å²) in [5, 5.41) is 8.33. The molecule has 0 spiro atoms. The van der Waals surface area contributed by atoms with Gasteiger partial charge in [0.05, 0.1) is 19.4 Å². The number of amides is 1. The Kier molecular flexibility index (Phi) is 7.51. The van der Waals surface area contributed by atoms with Crippen LogP contribution in [0.4, 0.5) is 5.69 Å². The van der Waals surface area contributed by atoms with Crippen LogP contribution in [0, 0.1) is 0 Å². The molecule has 0 aliphatic heterocycles. The van der Waals surface area contributed by atoms with Crippen LogP contribution in [-0.2, 0) is 16.8 Å². The monoisotopic (exact) mass is 487 g/mol. The number of benzene rings is 2. The fourth-order valence-corrected chi connectivity index (χ4v) is 4.18. The predicted octanol–water partition coefficient (Wildman–Crippen LogP) is 5.43. The van der Waals surface area contributed by atoms with Gasteiger partial charge in [0.1, 0.15) is 5.75 Å². The molecule has 4 aromatic rings. The Labute approximate surface area is 210 Å². The normalized spacial score (nSPS) is 11.3. The highest BCUT2D eigenvalue weighted by molar-refractivity contribution is 7.99. The van der Waals surface area contributed by atoms with Crippen LogP contribution in [0.2, 0.25) is 0 Å². The van der Waals surface area contributed by atoms with Crippen molar-refractivity contribution in [1.82, 2.24) is 19.7 Å². The predicted molar refractivity (Wildman–Crippen MR) is 140 cm³/mol. The van der Waals surface area contributed by atoms with Crippen LogP contribution in [-0.4, -0.2) is 38.5 Å². The summed E-state index contributed by atoms with van der Waals surface area (Å²) in [6.45, 7) is 7.16. The highest BCUT2D eigenvalue weighted by Gasteiger charge is 2.16. The Morgan fingerprint density at radius 3 is 2.31 bits per heavy atom. The zero-order valence-electron chi connectivity index (χ0n) is 20.4. The lowest BCUT2D eigenvalue weighted by Crippen LogP contribution is -2.15. The Bertz CT molecular complexity index is 1260. The van der Waals surface area contributed by atoms with Crippen LogP contribution in [0.15, 0.2) is 78.2 Å². The Morgan fingerprint density at radius 1 is 1.00 bits per heavy atom. The van der Waals surface area contributed by atoms with Crippen molar-refractivity contribution in [2.75, 3.05) is 18.2 Å². The number of ether oxygens (including phenoxy) is 1. The third-order valence-corrected chi connectivity index (χ3v) is 6.40. The Balaban J connectivity index is 1.50. The first-order valence-electron chi connectivity index (χ1n) is 11.3. The van der Waals surface area contributed by atoms with E-state index >= 15 is 0 Å². The van der Waals surface area contributed by atoms with Gasteiger partial charge in [-0.15, -0.1) is 5.10 Å². The van der Waals surface area contributed by atoms with Crippen molar-refractivity contribution in [3.8, 4) is 17.1 Å². The molecule has 1 N–H and O–H groups in total. The van der Waals surface area contributed by atoms with Crippen LogP contribution in [0.1, 0.15) is 31.9 Å². The van der Waals surface area contributed by atoms with Crippen molar-refractivity contribution in [1.29, 1.82) is 0 Å². The molecule has 0 radical (unpaired) electrons. The van der Waals surface area contributed by atoms with Gasteiger partial charge in [-0.25, -0.2) is 9.67 Å². The summed E-state index contributed by atoms with van der Waals surface area (Å²) < 4.78 is 7.02. The molecule has 8 heteroatoms. The zero-order valence-corrected chi connectivity index (χ0v) is 21.2. The molecular formula is C27H29N5O2S. The minimum Gasteiger partial charge on any atom is -0.497 e. The smallest absolute Gasteiger partial charge is 0.234 e. The summed E-state index contributed by atoms with van der Waals surface area (Å²) in [7, 11) is 1.61. The Morgan fingerprint density at radius 2 is 1.69 bits per heavy atom. The largest absolute Gasteiger partial charge is 0.497 e. The summed E-state index contributed by atoms with van der Waals surface area (Å²) in [6, 6.07) is 19.6. The number of aromatic nitrogens is 4. The molecule has 2 heterocycles. The van der Waals surface area contributed by atoms with Crippen molar-refractivity contribution in [2.45, 2.75) is 37.9 Å². The standard InChI is InChI=1S/C27H29N5O2S/c1-27(2,3)21-7-5-19(6-8-21)17-32-26(30-25(31-32)20-13-15-28-16-14-20)35-18-24(33)29-22-9-11-23(34-4)12-10-22/h5-16H,17-18H2,1-4H3,(H,29,33). The molecule has 1 amide bonds. The van der Waals surface area contributed by atoms with Crippen molar-refractivity contribution in [3.63, 3.8) is 0 Å². The van der Waals surface area contributed by atoms with Crippen molar-refractivity contribution in [2.24, 2.45) is 0 Å². The van der Waals surface area contributed by atoms with Crippen LogP contribution in [0.5, 0.6) is 5.75 Å². The average molecular weight is 488 g/mol. The fourth-order valence-electron chi connectivity index (χ4n) is 3.45. The van der Waals surface area contributed by atoms with E-state index in [1.807, 2.05) is 41.1 Å². The second-order valence-corrected chi connectivity index (χ2v) is 10.1. The number of rotatable bonds is 8. The molecular weight excluding hydrogens is 458 g/mol. The third kappa shape index (κ3) is 6.48. The number of carbonyl (C=O) groups excluding carboxylic acids is 1. The Hall–Kier alpha value is -3.65. The fraction of sp³-hybridized carbons (Fsp3) is 0.259. The molecule has 0 saturated carbocycles. The lowest BCUT2D eigenvalue weighted by atomic mass is 9.87. The van der Waals surface area contributed by atoms with Crippen LogP contribution in [0.3, 0.4) is 0 Å². The van der Waals surface area contributed by atoms with Gasteiger partial charge in [0, 0.05) is 23.6 Å².